The first-order valence-electron chi connectivity index (χ1n) is 5.83. The van der Waals surface area contributed by atoms with E-state index < -0.39 is 0 Å². The van der Waals surface area contributed by atoms with E-state index in [1.165, 1.54) is 0 Å². The summed E-state index contributed by atoms with van der Waals surface area (Å²) in [7, 11) is 0. The molecule has 0 saturated carbocycles. The second-order valence-electron chi connectivity index (χ2n) is 4.07. The van der Waals surface area contributed by atoms with Gasteiger partial charge in [-0.25, -0.2) is 0 Å². The van der Waals surface area contributed by atoms with Crippen LogP contribution >= 0.6 is 0 Å². The number of ether oxygens (including phenoxy) is 1. The fourth-order valence-corrected chi connectivity index (χ4v) is 1.52. The average Bonchev–Trinajstić information content (AvgIpc) is 2.29. The van der Waals surface area contributed by atoms with Gasteiger partial charge in [0.15, 0.2) is 0 Å². The average molecular weight is 214 g/mol. The van der Waals surface area contributed by atoms with E-state index in [0.717, 1.165) is 39.1 Å². The molecular formula is C11H22N2O2. The summed E-state index contributed by atoms with van der Waals surface area (Å²) in [5, 5.41) is 3.29. The van der Waals surface area contributed by atoms with Crippen LogP contribution in [0.5, 0.6) is 0 Å². The Labute approximate surface area is 92.0 Å². The number of esters is 1. The van der Waals surface area contributed by atoms with E-state index in [2.05, 4.69) is 10.2 Å². The molecule has 1 rings (SSSR count). The Morgan fingerprint density at radius 2 is 2.13 bits per heavy atom. The molecule has 1 saturated heterocycles. The lowest BCUT2D eigenvalue weighted by Gasteiger charge is -2.26. The lowest BCUT2D eigenvalue weighted by molar-refractivity contribution is -0.148. The van der Waals surface area contributed by atoms with Gasteiger partial charge in [0, 0.05) is 32.7 Å². The van der Waals surface area contributed by atoms with E-state index in [9.17, 15) is 4.79 Å². The summed E-state index contributed by atoms with van der Waals surface area (Å²) in [6, 6.07) is 0. The van der Waals surface area contributed by atoms with Crippen LogP contribution in [0.3, 0.4) is 0 Å². The van der Waals surface area contributed by atoms with E-state index in [1.54, 1.807) is 0 Å². The molecule has 0 amide bonds. The highest BCUT2D eigenvalue weighted by molar-refractivity contribution is 5.71. The van der Waals surface area contributed by atoms with Crippen LogP contribution in [-0.2, 0) is 9.53 Å². The zero-order valence-corrected chi connectivity index (χ0v) is 9.79. The maximum Gasteiger partial charge on any atom is 0.308 e. The van der Waals surface area contributed by atoms with E-state index in [-0.39, 0.29) is 11.9 Å². The van der Waals surface area contributed by atoms with Crippen molar-refractivity contribution in [3.63, 3.8) is 0 Å². The van der Waals surface area contributed by atoms with Crippen LogP contribution in [0.25, 0.3) is 0 Å². The van der Waals surface area contributed by atoms with E-state index in [0.29, 0.717) is 6.61 Å². The lowest BCUT2D eigenvalue weighted by Crippen LogP contribution is -2.44. The molecule has 4 nitrogen and oxygen atoms in total. The molecule has 1 N–H and O–H groups in total. The number of piperazine rings is 1. The first-order chi connectivity index (χ1) is 7.24. The van der Waals surface area contributed by atoms with Crippen LogP contribution in [0, 0.1) is 5.92 Å². The number of carbonyl (C=O) groups excluding carboxylic acids is 1. The van der Waals surface area contributed by atoms with Crippen LogP contribution in [0.4, 0.5) is 0 Å². The molecule has 15 heavy (non-hydrogen) atoms. The molecular weight excluding hydrogens is 192 g/mol. The van der Waals surface area contributed by atoms with Crippen molar-refractivity contribution in [3.8, 4) is 0 Å². The van der Waals surface area contributed by atoms with Crippen LogP contribution in [0.15, 0.2) is 0 Å². The highest BCUT2D eigenvalue weighted by atomic mass is 16.5. The lowest BCUT2D eigenvalue weighted by atomic mass is 10.1. The van der Waals surface area contributed by atoms with Gasteiger partial charge in [-0.3, -0.25) is 9.69 Å². The number of hydrogen-bond acceptors (Lipinski definition) is 4. The van der Waals surface area contributed by atoms with Crippen molar-refractivity contribution in [2.45, 2.75) is 20.3 Å². The summed E-state index contributed by atoms with van der Waals surface area (Å²) in [6.07, 6.45) is 0.854. The number of nitrogens with one attached hydrogen (secondary N) is 1. The Kier molecular flexibility index (Phi) is 5.65. The molecule has 1 atom stereocenters. The highest BCUT2D eigenvalue weighted by Gasteiger charge is 2.13. The molecule has 1 aliphatic heterocycles. The highest BCUT2D eigenvalue weighted by Crippen LogP contribution is 2.03. The zero-order valence-electron chi connectivity index (χ0n) is 9.79. The van der Waals surface area contributed by atoms with Gasteiger partial charge in [-0.15, -0.1) is 0 Å². The van der Waals surface area contributed by atoms with E-state index in [1.807, 2.05) is 13.8 Å². The van der Waals surface area contributed by atoms with Gasteiger partial charge in [0.2, 0.25) is 0 Å². The van der Waals surface area contributed by atoms with Crippen molar-refractivity contribution < 1.29 is 9.53 Å². The molecule has 0 spiro atoms. The van der Waals surface area contributed by atoms with Crippen molar-refractivity contribution in [2.75, 3.05) is 39.3 Å². The van der Waals surface area contributed by atoms with Crippen molar-refractivity contribution in [1.29, 1.82) is 0 Å². The quantitative estimate of drug-likeness (QED) is 0.676. The van der Waals surface area contributed by atoms with Gasteiger partial charge in [0.1, 0.15) is 6.61 Å². The molecule has 0 bridgehead atoms. The summed E-state index contributed by atoms with van der Waals surface area (Å²) in [5.41, 5.74) is 0. The van der Waals surface area contributed by atoms with Crippen LogP contribution in [0.2, 0.25) is 0 Å². The monoisotopic (exact) mass is 214 g/mol. The normalized spacial score (nSPS) is 19.9. The molecule has 1 unspecified atom stereocenters. The standard InChI is InChI=1S/C11H22N2O2/c1-3-10(2)11(14)15-9-8-13-6-4-12-5-7-13/h10,12H,3-9H2,1-2H3. The molecule has 0 aromatic heterocycles. The second-order valence-corrected chi connectivity index (χ2v) is 4.07. The van der Waals surface area contributed by atoms with Crippen molar-refractivity contribution in [1.82, 2.24) is 10.2 Å². The first kappa shape index (κ1) is 12.5. The maximum absolute atomic E-state index is 11.4. The van der Waals surface area contributed by atoms with Gasteiger partial charge >= 0.3 is 5.97 Å². The van der Waals surface area contributed by atoms with Gasteiger partial charge in [0.25, 0.3) is 0 Å². The Balaban J connectivity index is 2.07. The summed E-state index contributed by atoms with van der Waals surface area (Å²) in [4.78, 5) is 13.7. The smallest absolute Gasteiger partial charge is 0.308 e. The van der Waals surface area contributed by atoms with Crippen molar-refractivity contribution >= 4 is 5.97 Å². The molecule has 1 aliphatic rings. The molecule has 0 aromatic rings. The van der Waals surface area contributed by atoms with Crippen molar-refractivity contribution in [3.05, 3.63) is 0 Å². The van der Waals surface area contributed by atoms with Gasteiger partial charge in [-0.05, 0) is 6.42 Å². The predicted molar refractivity (Wildman–Crippen MR) is 59.7 cm³/mol. The Hall–Kier alpha value is -0.610. The summed E-state index contributed by atoms with van der Waals surface area (Å²) in [6.45, 7) is 9.50. The van der Waals surface area contributed by atoms with Crippen LogP contribution in [-0.4, -0.2) is 50.2 Å². The Morgan fingerprint density at radius 1 is 1.47 bits per heavy atom. The number of hydrogen-bond donors (Lipinski definition) is 1. The molecule has 0 aliphatic carbocycles. The minimum Gasteiger partial charge on any atom is -0.464 e. The molecule has 1 heterocycles. The third kappa shape index (κ3) is 4.62. The van der Waals surface area contributed by atoms with Gasteiger partial charge in [0.05, 0.1) is 5.92 Å². The number of carbonyl (C=O) groups is 1. The summed E-state index contributed by atoms with van der Waals surface area (Å²) in [5.74, 6) is -0.0272. The van der Waals surface area contributed by atoms with E-state index in [4.69, 9.17) is 4.74 Å². The number of rotatable bonds is 5. The summed E-state index contributed by atoms with van der Waals surface area (Å²) < 4.78 is 5.20. The fourth-order valence-electron chi connectivity index (χ4n) is 1.52. The van der Waals surface area contributed by atoms with Gasteiger partial charge in [-0.2, -0.15) is 0 Å². The molecule has 1 fully saturated rings. The SMILES string of the molecule is CCC(C)C(=O)OCCN1CCNCC1. The van der Waals surface area contributed by atoms with E-state index >= 15 is 0 Å². The van der Waals surface area contributed by atoms with Crippen LogP contribution in [0.1, 0.15) is 20.3 Å². The molecule has 0 radical (unpaired) electrons. The maximum atomic E-state index is 11.4. The molecule has 0 aromatic carbocycles. The first-order valence-corrected chi connectivity index (χ1v) is 5.83. The van der Waals surface area contributed by atoms with Gasteiger partial charge in [-0.1, -0.05) is 13.8 Å². The number of nitrogens with zero attached hydrogens (tertiary/aromatic N) is 1. The fraction of sp³-hybridized carbons (Fsp3) is 0.909. The molecule has 4 heteroatoms. The van der Waals surface area contributed by atoms with Gasteiger partial charge < -0.3 is 10.1 Å². The third-order valence-electron chi connectivity index (χ3n) is 2.88. The zero-order chi connectivity index (χ0) is 11.1. The molecule has 88 valence electrons. The summed E-state index contributed by atoms with van der Waals surface area (Å²) >= 11 is 0. The Morgan fingerprint density at radius 3 is 2.73 bits per heavy atom. The second kappa shape index (κ2) is 6.80. The third-order valence-corrected chi connectivity index (χ3v) is 2.88. The predicted octanol–water partition coefficient (Wildman–Crippen LogP) is 0.481. The minimum atomic E-state index is -0.0624. The Bertz CT molecular complexity index is 191. The minimum absolute atomic E-state index is 0.0352. The van der Waals surface area contributed by atoms with Crippen molar-refractivity contribution in [2.24, 2.45) is 5.92 Å². The largest absolute Gasteiger partial charge is 0.464 e. The van der Waals surface area contributed by atoms with Crippen LogP contribution < -0.4 is 5.32 Å². The topological polar surface area (TPSA) is 41.6 Å².